The zero-order valence-corrected chi connectivity index (χ0v) is 16.5. The number of halogens is 1. The van der Waals surface area contributed by atoms with Gasteiger partial charge in [0.1, 0.15) is 5.82 Å². The molecule has 2 aliphatic rings. The highest BCUT2D eigenvalue weighted by molar-refractivity contribution is 5.65. The SMILES string of the molecule is CCOC1CCC2CC(c3ccc(-c4ccc(C#N)cc4)c(F)c3)CCC2C1. The Bertz CT molecular complexity index is 854. The van der Waals surface area contributed by atoms with E-state index in [-0.39, 0.29) is 5.82 Å². The van der Waals surface area contributed by atoms with E-state index >= 15 is 0 Å². The molecule has 3 heteroatoms. The van der Waals surface area contributed by atoms with E-state index in [1.54, 1.807) is 18.2 Å². The quantitative estimate of drug-likeness (QED) is 0.613. The first kappa shape index (κ1) is 19.2. The molecule has 0 aromatic heterocycles. The number of nitriles is 1. The molecule has 4 rings (SSSR count). The summed E-state index contributed by atoms with van der Waals surface area (Å²) >= 11 is 0. The summed E-state index contributed by atoms with van der Waals surface area (Å²) < 4.78 is 20.7. The van der Waals surface area contributed by atoms with Gasteiger partial charge in [-0.3, -0.25) is 0 Å². The summed E-state index contributed by atoms with van der Waals surface area (Å²) in [6, 6.07) is 15.0. The van der Waals surface area contributed by atoms with Crippen molar-refractivity contribution in [2.24, 2.45) is 11.8 Å². The van der Waals surface area contributed by atoms with Crippen LogP contribution in [0.4, 0.5) is 4.39 Å². The Morgan fingerprint density at radius 1 is 1.00 bits per heavy atom. The van der Waals surface area contributed by atoms with Crippen LogP contribution in [0.15, 0.2) is 42.5 Å². The van der Waals surface area contributed by atoms with Gasteiger partial charge >= 0.3 is 0 Å². The first-order valence-corrected chi connectivity index (χ1v) is 10.6. The lowest BCUT2D eigenvalue weighted by atomic mass is 9.65. The lowest BCUT2D eigenvalue weighted by Crippen LogP contribution is -2.33. The fourth-order valence-electron chi connectivity index (χ4n) is 5.28. The monoisotopic (exact) mass is 377 g/mol. The Kier molecular flexibility index (Phi) is 5.78. The minimum absolute atomic E-state index is 0.163. The van der Waals surface area contributed by atoms with Crippen LogP contribution in [0, 0.1) is 29.0 Å². The highest BCUT2D eigenvalue weighted by Gasteiger charge is 2.36. The normalized spacial score (nSPS) is 27.0. The van der Waals surface area contributed by atoms with Crippen LogP contribution in [0.2, 0.25) is 0 Å². The zero-order valence-electron chi connectivity index (χ0n) is 16.5. The molecule has 2 nitrogen and oxygen atoms in total. The van der Waals surface area contributed by atoms with E-state index in [0.29, 0.717) is 23.1 Å². The molecule has 2 aliphatic carbocycles. The molecule has 0 heterocycles. The second kappa shape index (κ2) is 8.45. The summed E-state index contributed by atoms with van der Waals surface area (Å²) in [5, 5.41) is 8.93. The maximum absolute atomic E-state index is 14.9. The van der Waals surface area contributed by atoms with Gasteiger partial charge in [-0.25, -0.2) is 4.39 Å². The predicted octanol–water partition coefficient (Wildman–Crippen LogP) is 6.45. The molecule has 0 amide bonds. The summed E-state index contributed by atoms with van der Waals surface area (Å²) in [4.78, 5) is 0. The van der Waals surface area contributed by atoms with Crippen LogP contribution < -0.4 is 0 Å². The van der Waals surface area contributed by atoms with Crippen molar-refractivity contribution in [3.8, 4) is 17.2 Å². The van der Waals surface area contributed by atoms with Crippen molar-refractivity contribution in [3.05, 3.63) is 59.4 Å². The molecule has 0 N–H and O–H groups in total. The third-order valence-electron chi connectivity index (χ3n) is 6.76. The van der Waals surface area contributed by atoms with Gasteiger partial charge in [0.15, 0.2) is 0 Å². The number of hydrogen-bond donors (Lipinski definition) is 0. The van der Waals surface area contributed by atoms with Gasteiger partial charge in [-0.05, 0) is 92.5 Å². The van der Waals surface area contributed by atoms with E-state index in [0.717, 1.165) is 36.0 Å². The molecule has 4 unspecified atom stereocenters. The van der Waals surface area contributed by atoms with Gasteiger partial charge in [0.05, 0.1) is 17.7 Å². The molecule has 0 spiro atoms. The first-order valence-electron chi connectivity index (χ1n) is 10.6. The summed E-state index contributed by atoms with van der Waals surface area (Å²) in [6.07, 6.45) is 7.64. The summed E-state index contributed by atoms with van der Waals surface area (Å²) in [5.74, 6) is 1.85. The van der Waals surface area contributed by atoms with Crippen LogP contribution in [0.5, 0.6) is 0 Å². The third-order valence-corrected chi connectivity index (χ3v) is 6.76. The van der Waals surface area contributed by atoms with Gasteiger partial charge in [0, 0.05) is 12.2 Å². The number of hydrogen-bond acceptors (Lipinski definition) is 2. The molecule has 0 saturated heterocycles. The molecule has 28 heavy (non-hydrogen) atoms. The molecule has 2 fully saturated rings. The lowest BCUT2D eigenvalue weighted by Gasteiger charge is -2.42. The minimum atomic E-state index is -0.163. The van der Waals surface area contributed by atoms with Crippen LogP contribution in [0.1, 0.15) is 62.5 Å². The Balaban J connectivity index is 1.46. The maximum atomic E-state index is 14.9. The molecule has 0 bridgehead atoms. The van der Waals surface area contributed by atoms with E-state index < -0.39 is 0 Å². The number of fused-ring (bicyclic) bond motifs is 1. The number of rotatable bonds is 4. The van der Waals surface area contributed by atoms with Crippen LogP contribution in [0.25, 0.3) is 11.1 Å². The highest BCUT2D eigenvalue weighted by Crippen LogP contribution is 2.47. The highest BCUT2D eigenvalue weighted by atomic mass is 19.1. The summed E-state index contributed by atoms with van der Waals surface area (Å²) in [5.41, 5.74) is 3.16. The maximum Gasteiger partial charge on any atom is 0.131 e. The molecule has 0 aliphatic heterocycles. The van der Waals surface area contributed by atoms with E-state index in [1.807, 2.05) is 18.2 Å². The Morgan fingerprint density at radius 2 is 1.75 bits per heavy atom. The van der Waals surface area contributed by atoms with E-state index in [9.17, 15) is 4.39 Å². The molecule has 4 atom stereocenters. The van der Waals surface area contributed by atoms with Crippen molar-refractivity contribution >= 4 is 0 Å². The van der Waals surface area contributed by atoms with E-state index in [2.05, 4.69) is 19.1 Å². The fourth-order valence-corrected chi connectivity index (χ4v) is 5.28. The van der Waals surface area contributed by atoms with Crippen LogP contribution in [-0.2, 0) is 4.74 Å². The van der Waals surface area contributed by atoms with Gasteiger partial charge < -0.3 is 4.74 Å². The van der Waals surface area contributed by atoms with Crippen LogP contribution >= 0.6 is 0 Å². The fraction of sp³-hybridized carbons (Fsp3) is 0.480. The smallest absolute Gasteiger partial charge is 0.131 e. The predicted molar refractivity (Wildman–Crippen MR) is 109 cm³/mol. The minimum Gasteiger partial charge on any atom is -0.378 e. The second-order valence-electron chi connectivity index (χ2n) is 8.35. The Labute approximate surface area is 167 Å². The molecule has 146 valence electrons. The number of ether oxygens (including phenoxy) is 1. The van der Waals surface area contributed by atoms with Gasteiger partial charge in [-0.2, -0.15) is 5.26 Å². The standard InChI is InChI=1S/C25H28FNO/c1-2-28-23-11-9-20-13-19(7-8-21(20)14-23)22-10-12-24(25(26)15-22)18-5-3-17(16-27)4-6-18/h3-6,10,12,15,19-21,23H,2,7-9,11,13-14H2,1H3. The molecule has 0 radical (unpaired) electrons. The average Bonchev–Trinajstić information content (AvgIpc) is 2.73. The average molecular weight is 378 g/mol. The van der Waals surface area contributed by atoms with Gasteiger partial charge in [-0.1, -0.05) is 24.3 Å². The van der Waals surface area contributed by atoms with Crippen LogP contribution in [-0.4, -0.2) is 12.7 Å². The zero-order chi connectivity index (χ0) is 19.5. The van der Waals surface area contributed by atoms with Crippen molar-refractivity contribution in [1.82, 2.24) is 0 Å². The second-order valence-corrected chi connectivity index (χ2v) is 8.35. The molecular formula is C25H28FNO. The molecule has 2 saturated carbocycles. The Hall–Kier alpha value is -2.18. The van der Waals surface area contributed by atoms with Crippen molar-refractivity contribution in [2.45, 2.75) is 57.5 Å². The van der Waals surface area contributed by atoms with Gasteiger partial charge in [-0.15, -0.1) is 0 Å². The van der Waals surface area contributed by atoms with Crippen molar-refractivity contribution in [2.75, 3.05) is 6.61 Å². The van der Waals surface area contributed by atoms with Crippen molar-refractivity contribution < 1.29 is 9.13 Å². The number of benzene rings is 2. The lowest BCUT2D eigenvalue weighted by molar-refractivity contribution is -0.00956. The topological polar surface area (TPSA) is 33.0 Å². The van der Waals surface area contributed by atoms with Gasteiger partial charge in [0.25, 0.3) is 0 Å². The molecule has 2 aromatic rings. The summed E-state index contributed by atoms with van der Waals surface area (Å²) in [6.45, 7) is 2.90. The van der Waals surface area contributed by atoms with Crippen molar-refractivity contribution in [1.29, 1.82) is 5.26 Å². The van der Waals surface area contributed by atoms with Gasteiger partial charge in [0.2, 0.25) is 0 Å². The van der Waals surface area contributed by atoms with Crippen LogP contribution in [0.3, 0.4) is 0 Å². The largest absolute Gasteiger partial charge is 0.378 e. The van der Waals surface area contributed by atoms with E-state index in [1.165, 1.54) is 32.1 Å². The van der Waals surface area contributed by atoms with E-state index in [4.69, 9.17) is 10.00 Å². The third kappa shape index (κ3) is 3.98. The number of nitrogens with zero attached hydrogens (tertiary/aromatic N) is 1. The Morgan fingerprint density at radius 3 is 2.46 bits per heavy atom. The summed E-state index contributed by atoms with van der Waals surface area (Å²) in [7, 11) is 0. The first-order chi connectivity index (χ1) is 13.7. The molecule has 2 aromatic carbocycles. The molecular weight excluding hydrogens is 349 g/mol. The van der Waals surface area contributed by atoms with Crippen molar-refractivity contribution in [3.63, 3.8) is 0 Å².